The van der Waals surface area contributed by atoms with E-state index >= 15 is 0 Å². The van der Waals surface area contributed by atoms with E-state index in [4.69, 9.17) is 4.74 Å². The van der Waals surface area contributed by atoms with Crippen molar-refractivity contribution < 1.29 is 9.53 Å². The molecule has 7 nitrogen and oxygen atoms in total. The van der Waals surface area contributed by atoms with Gasteiger partial charge in [0.25, 0.3) is 5.56 Å². The van der Waals surface area contributed by atoms with Gasteiger partial charge in [0, 0.05) is 36.0 Å². The molecule has 1 N–H and O–H groups in total. The lowest BCUT2D eigenvalue weighted by Gasteiger charge is -2.29. The van der Waals surface area contributed by atoms with Gasteiger partial charge in [0.2, 0.25) is 11.8 Å². The predicted molar refractivity (Wildman–Crippen MR) is 114 cm³/mol. The Morgan fingerprint density at radius 3 is 2.90 bits per heavy atom. The highest BCUT2D eigenvalue weighted by atomic mass is 32.2. The highest BCUT2D eigenvalue weighted by Crippen LogP contribution is 2.34. The molecular weight excluding hydrogens is 400 g/mol. The molecule has 8 heteroatoms. The zero-order valence-electron chi connectivity index (χ0n) is 16.9. The van der Waals surface area contributed by atoms with Gasteiger partial charge < -0.3 is 10.1 Å². The topological polar surface area (TPSA) is 86.1 Å². The summed E-state index contributed by atoms with van der Waals surface area (Å²) in [6.45, 7) is 0. The molecule has 30 heavy (non-hydrogen) atoms. The number of fused-ring (bicyclic) bond motifs is 2. The summed E-state index contributed by atoms with van der Waals surface area (Å²) in [6.07, 6.45) is 8.54. The molecule has 0 aromatic carbocycles. The van der Waals surface area contributed by atoms with Crippen LogP contribution in [0.3, 0.4) is 0 Å². The van der Waals surface area contributed by atoms with Crippen LogP contribution in [-0.4, -0.2) is 38.3 Å². The Labute approximate surface area is 179 Å². The number of ether oxygens (including phenoxy) is 1. The number of hydrogen-bond donors (Lipinski definition) is 1. The molecule has 0 spiro atoms. The first-order valence-electron chi connectivity index (χ1n) is 10.8. The molecule has 0 radical (unpaired) electrons. The van der Waals surface area contributed by atoms with Crippen LogP contribution in [-0.2, 0) is 17.6 Å². The van der Waals surface area contributed by atoms with Crippen LogP contribution < -0.4 is 15.6 Å². The fraction of sp³-hybridized carbons (Fsp3) is 0.545. The number of thioether (sulfide) groups is 1. The van der Waals surface area contributed by atoms with E-state index in [1.54, 1.807) is 22.5 Å². The molecule has 5 rings (SSSR count). The van der Waals surface area contributed by atoms with Crippen LogP contribution >= 0.6 is 11.8 Å². The van der Waals surface area contributed by atoms with Crippen molar-refractivity contribution in [3.63, 3.8) is 0 Å². The van der Waals surface area contributed by atoms with E-state index in [-0.39, 0.29) is 29.7 Å². The fourth-order valence-corrected chi connectivity index (χ4v) is 5.87. The van der Waals surface area contributed by atoms with E-state index in [1.807, 2.05) is 18.2 Å². The second-order valence-electron chi connectivity index (χ2n) is 8.34. The van der Waals surface area contributed by atoms with Gasteiger partial charge >= 0.3 is 0 Å². The highest BCUT2D eigenvalue weighted by molar-refractivity contribution is 7.99. The second-order valence-corrected chi connectivity index (χ2v) is 9.33. The lowest BCUT2D eigenvalue weighted by atomic mass is 9.92. The zero-order valence-corrected chi connectivity index (χ0v) is 17.7. The van der Waals surface area contributed by atoms with Crippen LogP contribution in [0, 0.1) is 0 Å². The summed E-state index contributed by atoms with van der Waals surface area (Å²) < 4.78 is 7.70. The number of amides is 1. The predicted octanol–water partition coefficient (Wildman–Crippen LogP) is 2.67. The monoisotopic (exact) mass is 426 g/mol. The molecule has 1 atom stereocenters. The molecule has 3 heterocycles. The van der Waals surface area contributed by atoms with Gasteiger partial charge in [0.1, 0.15) is 6.10 Å². The molecule has 2 aliphatic carbocycles. The van der Waals surface area contributed by atoms with Gasteiger partial charge in [0.15, 0.2) is 5.16 Å². The zero-order chi connectivity index (χ0) is 20.5. The van der Waals surface area contributed by atoms with E-state index in [2.05, 4.69) is 15.3 Å². The minimum atomic E-state index is -0.0975. The molecule has 2 aromatic heterocycles. The molecule has 1 saturated carbocycles. The molecular formula is C22H26N4O3S. The molecule has 1 amide bonds. The average Bonchev–Trinajstić information content (AvgIpc) is 3.38. The molecule has 3 aliphatic rings. The first-order valence-corrected chi connectivity index (χ1v) is 11.8. The minimum absolute atomic E-state index is 0.0231. The molecule has 0 saturated heterocycles. The van der Waals surface area contributed by atoms with Crippen molar-refractivity contribution in [2.45, 2.75) is 74.7 Å². The summed E-state index contributed by atoms with van der Waals surface area (Å²) >= 11 is 1.59. The number of rotatable bonds is 5. The fourth-order valence-electron chi connectivity index (χ4n) is 4.72. The van der Waals surface area contributed by atoms with Crippen molar-refractivity contribution in [1.29, 1.82) is 0 Å². The van der Waals surface area contributed by atoms with E-state index in [1.165, 1.54) is 0 Å². The van der Waals surface area contributed by atoms with Crippen LogP contribution in [0.25, 0.3) is 0 Å². The summed E-state index contributed by atoms with van der Waals surface area (Å²) in [7, 11) is 0. The minimum Gasteiger partial charge on any atom is -0.474 e. The maximum Gasteiger partial charge on any atom is 0.257 e. The Bertz CT molecular complexity index is 986. The van der Waals surface area contributed by atoms with Crippen molar-refractivity contribution >= 4 is 17.7 Å². The number of aryl methyl sites for hydroxylation is 1. The Morgan fingerprint density at radius 1 is 1.23 bits per heavy atom. The van der Waals surface area contributed by atoms with E-state index in [9.17, 15) is 9.59 Å². The molecule has 1 unspecified atom stereocenters. The first kappa shape index (κ1) is 19.6. The SMILES string of the molecule is O=C(CC1CSc2nc3c(c(=O)n21)CCC3)NC1CCC(Oc2ccccn2)CC1. The first-order chi connectivity index (χ1) is 14.7. The van der Waals surface area contributed by atoms with Crippen LogP contribution in [0.1, 0.15) is 55.8 Å². The maximum atomic E-state index is 12.9. The molecule has 158 valence electrons. The van der Waals surface area contributed by atoms with Gasteiger partial charge in [0.05, 0.1) is 11.7 Å². The van der Waals surface area contributed by atoms with Crippen molar-refractivity contribution in [3.8, 4) is 5.88 Å². The Kier molecular flexibility index (Phi) is 5.50. The second kappa shape index (κ2) is 8.41. The smallest absolute Gasteiger partial charge is 0.257 e. The largest absolute Gasteiger partial charge is 0.474 e. The maximum absolute atomic E-state index is 12.9. The van der Waals surface area contributed by atoms with Crippen molar-refractivity contribution in [2.24, 2.45) is 0 Å². The van der Waals surface area contributed by atoms with E-state index < -0.39 is 0 Å². The van der Waals surface area contributed by atoms with Gasteiger partial charge in [-0.05, 0) is 51.0 Å². The third-order valence-corrected chi connectivity index (χ3v) is 7.36. The molecule has 0 bridgehead atoms. The van der Waals surface area contributed by atoms with Gasteiger partial charge in [-0.25, -0.2) is 9.97 Å². The van der Waals surface area contributed by atoms with Crippen LogP contribution in [0.15, 0.2) is 34.3 Å². The third kappa shape index (κ3) is 3.97. The number of hydrogen-bond acceptors (Lipinski definition) is 6. The Hall–Kier alpha value is -2.35. The summed E-state index contributed by atoms with van der Waals surface area (Å²) in [6, 6.07) is 5.74. The number of aromatic nitrogens is 3. The Morgan fingerprint density at radius 2 is 2.10 bits per heavy atom. The van der Waals surface area contributed by atoms with Gasteiger partial charge in [-0.1, -0.05) is 17.8 Å². The number of nitrogens with one attached hydrogen (secondary N) is 1. The highest BCUT2D eigenvalue weighted by Gasteiger charge is 2.32. The molecule has 1 aliphatic heterocycles. The number of carbonyl (C=O) groups excluding carboxylic acids is 1. The summed E-state index contributed by atoms with van der Waals surface area (Å²) in [5.74, 6) is 1.42. The van der Waals surface area contributed by atoms with Crippen molar-refractivity contribution in [1.82, 2.24) is 19.9 Å². The lowest BCUT2D eigenvalue weighted by Crippen LogP contribution is -2.41. The standard InChI is InChI=1S/C22H26N4O3S/c27-19(24-14-7-9-16(10-8-14)29-20-6-1-2-11-23-20)12-15-13-30-22-25-18-5-3-4-17(18)21(28)26(15)22/h1-2,6,11,14-16H,3-5,7-10,12-13H2,(H,24,27). The average molecular weight is 427 g/mol. The van der Waals surface area contributed by atoms with E-state index in [0.29, 0.717) is 12.3 Å². The lowest BCUT2D eigenvalue weighted by molar-refractivity contribution is -0.122. The molecule has 1 fully saturated rings. The number of nitrogens with zero attached hydrogens (tertiary/aromatic N) is 3. The normalized spacial score (nSPS) is 24.9. The summed E-state index contributed by atoms with van der Waals surface area (Å²) in [5.41, 5.74) is 1.90. The quantitative estimate of drug-likeness (QED) is 0.740. The molecule has 2 aromatic rings. The Balaban J connectivity index is 1.15. The van der Waals surface area contributed by atoms with Crippen LogP contribution in [0.4, 0.5) is 0 Å². The van der Waals surface area contributed by atoms with Crippen LogP contribution in [0.5, 0.6) is 5.88 Å². The van der Waals surface area contributed by atoms with Crippen molar-refractivity contribution in [2.75, 3.05) is 5.75 Å². The van der Waals surface area contributed by atoms with Crippen molar-refractivity contribution in [3.05, 3.63) is 46.0 Å². The van der Waals surface area contributed by atoms with Gasteiger partial charge in [-0.2, -0.15) is 0 Å². The van der Waals surface area contributed by atoms with Gasteiger partial charge in [-0.15, -0.1) is 0 Å². The van der Waals surface area contributed by atoms with Gasteiger partial charge in [-0.3, -0.25) is 14.2 Å². The van der Waals surface area contributed by atoms with Crippen LogP contribution in [0.2, 0.25) is 0 Å². The number of pyridine rings is 1. The third-order valence-electron chi connectivity index (χ3n) is 6.26. The summed E-state index contributed by atoms with van der Waals surface area (Å²) in [4.78, 5) is 34.5. The van der Waals surface area contributed by atoms with E-state index in [0.717, 1.165) is 67.1 Å². The summed E-state index contributed by atoms with van der Waals surface area (Å²) in [5, 5.41) is 3.96. The number of carbonyl (C=O) groups is 1.